The molecule has 7 heteroatoms. The molecule has 114 valence electrons. The Labute approximate surface area is 128 Å². The maximum atomic E-state index is 14.0. The first-order valence-electron chi connectivity index (χ1n) is 6.61. The number of rotatable bonds is 3. The van der Waals surface area contributed by atoms with E-state index in [4.69, 9.17) is 5.73 Å². The van der Waals surface area contributed by atoms with Crippen molar-refractivity contribution in [3.05, 3.63) is 29.6 Å². The lowest BCUT2D eigenvalue weighted by molar-refractivity contribution is 0.530. The molecule has 0 saturated carbocycles. The molecule has 1 saturated heterocycles. The molecule has 1 unspecified atom stereocenters. The van der Waals surface area contributed by atoms with Gasteiger partial charge in [0.05, 0.1) is 6.54 Å². The number of nitrogens with two attached hydrogens (primary N) is 1. The van der Waals surface area contributed by atoms with E-state index in [0.29, 0.717) is 5.56 Å². The number of nitrogens with one attached hydrogen (secondary N) is 1. The highest BCUT2D eigenvalue weighted by molar-refractivity contribution is 7.99. The van der Waals surface area contributed by atoms with E-state index in [-0.39, 0.29) is 17.5 Å². The summed E-state index contributed by atoms with van der Waals surface area (Å²) in [4.78, 5) is -0.337. The first kappa shape index (κ1) is 16.3. The Kier molecular flexibility index (Phi) is 5.65. The highest BCUT2D eigenvalue weighted by atomic mass is 32.2. The molecule has 1 atom stereocenters. The van der Waals surface area contributed by atoms with Gasteiger partial charge in [-0.3, -0.25) is 0 Å². The van der Waals surface area contributed by atoms with Gasteiger partial charge < -0.3 is 5.73 Å². The van der Waals surface area contributed by atoms with Gasteiger partial charge in [-0.25, -0.2) is 17.5 Å². The van der Waals surface area contributed by atoms with Crippen LogP contribution in [0.2, 0.25) is 0 Å². The number of thioether (sulfide) groups is 1. The maximum absolute atomic E-state index is 14.0. The summed E-state index contributed by atoms with van der Waals surface area (Å²) in [6.07, 6.45) is 1.75. The third kappa shape index (κ3) is 4.45. The molecule has 0 amide bonds. The van der Waals surface area contributed by atoms with Gasteiger partial charge in [0.15, 0.2) is 0 Å². The van der Waals surface area contributed by atoms with Crippen molar-refractivity contribution >= 4 is 21.8 Å². The summed E-state index contributed by atoms with van der Waals surface area (Å²) in [5.74, 6) is 6.24. The van der Waals surface area contributed by atoms with E-state index in [1.54, 1.807) is 11.8 Å². The predicted molar refractivity (Wildman–Crippen MR) is 83.0 cm³/mol. The number of sulfonamides is 1. The molecule has 1 aromatic carbocycles. The van der Waals surface area contributed by atoms with Crippen LogP contribution in [0.15, 0.2) is 23.1 Å². The second-order valence-electron chi connectivity index (χ2n) is 4.69. The van der Waals surface area contributed by atoms with Crippen LogP contribution in [0, 0.1) is 17.7 Å². The van der Waals surface area contributed by atoms with Crippen molar-refractivity contribution < 1.29 is 12.8 Å². The zero-order valence-electron chi connectivity index (χ0n) is 11.4. The molecule has 0 spiro atoms. The predicted octanol–water partition coefficient (Wildman–Crippen LogP) is 1.31. The van der Waals surface area contributed by atoms with Crippen LogP contribution in [0.5, 0.6) is 0 Å². The van der Waals surface area contributed by atoms with E-state index in [1.165, 1.54) is 12.1 Å². The van der Waals surface area contributed by atoms with E-state index in [1.807, 2.05) is 0 Å². The van der Waals surface area contributed by atoms with Crippen LogP contribution >= 0.6 is 11.8 Å². The Hall–Kier alpha value is -1.07. The molecule has 0 aliphatic carbocycles. The Morgan fingerprint density at radius 1 is 1.48 bits per heavy atom. The van der Waals surface area contributed by atoms with Gasteiger partial charge in [-0.2, -0.15) is 11.8 Å². The molecule has 2 rings (SSSR count). The number of hydrogen-bond donors (Lipinski definition) is 2. The van der Waals surface area contributed by atoms with Crippen molar-refractivity contribution in [1.29, 1.82) is 0 Å². The van der Waals surface area contributed by atoms with Gasteiger partial charge >= 0.3 is 0 Å². The zero-order chi connectivity index (χ0) is 15.3. The van der Waals surface area contributed by atoms with Gasteiger partial charge in [-0.05, 0) is 36.8 Å². The van der Waals surface area contributed by atoms with Crippen LogP contribution in [0.1, 0.15) is 18.4 Å². The first-order valence-corrected chi connectivity index (χ1v) is 9.25. The standard InChI is InChI=1S/C14H17FN2O2S2/c15-13-9-11(3-1-7-16)5-6-14(13)21(18,19)17-12-4-2-8-20-10-12/h5-6,9,12,17H,2,4,7-8,10,16H2. The highest BCUT2D eigenvalue weighted by Crippen LogP contribution is 2.21. The fourth-order valence-corrected chi connectivity index (χ4v) is 4.57. The van der Waals surface area contributed by atoms with Gasteiger partial charge in [0.25, 0.3) is 0 Å². The Bertz CT molecular complexity index is 659. The van der Waals surface area contributed by atoms with Crippen LogP contribution in [0.3, 0.4) is 0 Å². The largest absolute Gasteiger partial charge is 0.320 e. The van der Waals surface area contributed by atoms with Crippen LogP contribution in [0.25, 0.3) is 0 Å². The third-order valence-corrected chi connectivity index (χ3v) is 5.81. The molecule has 1 aliphatic heterocycles. The highest BCUT2D eigenvalue weighted by Gasteiger charge is 2.24. The van der Waals surface area contributed by atoms with Gasteiger partial charge in [0, 0.05) is 17.4 Å². The van der Waals surface area contributed by atoms with Crippen molar-refractivity contribution in [2.45, 2.75) is 23.8 Å². The van der Waals surface area contributed by atoms with Gasteiger partial charge in [0.2, 0.25) is 10.0 Å². The smallest absolute Gasteiger partial charge is 0.243 e. The Morgan fingerprint density at radius 3 is 2.90 bits per heavy atom. The lowest BCUT2D eigenvalue weighted by Crippen LogP contribution is -2.38. The Balaban J connectivity index is 2.19. The summed E-state index contributed by atoms with van der Waals surface area (Å²) in [6, 6.07) is 3.71. The van der Waals surface area contributed by atoms with Crippen LogP contribution in [-0.2, 0) is 10.0 Å². The molecule has 0 aromatic heterocycles. The van der Waals surface area contributed by atoms with Crippen LogP contribution in [0.4, 0.5) is 4.39 Å². The SMILES string of the molecule is NCC#Cc1ccc(S(=O)(=O)NC2CCCSC2)c(F)c1. The van der Waals surface area contributed by atoms with E-state index in [0.717, 1.165) is 30.4 Å². The number of benzene rings is 1. The molecule has 1 aromatic rings. The lowest BCUT2D eigenvalue weighted by atomic mass is 10.2. The molecule has 0 radical (unpaired) electrons. The summed E-state index contributed by atoms with van der Waals surface area (Å²) in [5.41, 5.74) is 5.65. The average molecular weight is 328 g/mol. The second-order valence-corrected chi connectivity index (χ2v) is 7.52. The van der Waals surface area contributed by atoms with Crippen LogP contribution < -0.4 is 10.5 Å². The lowest BCUT2D eigenvalue weighted by Gasteiger charge is -2.22. The van der Waals surface area contributed by atoms with E-state index in [9.17, 15) is 12.8 Å². The summed E-state index contributed by atoms with van der Waals surface area (Å²) < 4.78 is 41.0. The fourth-order valence-electron chi connectivity index (χ4n) is 2.07. The van der Waals surface area contributed by atoms with Gasteiger partial charge in [-0.15, -0.1) is 0 Å². The fraction of sp³-hybridized carbons (Fsp3) is 0.429. The van der Waals surface area contributed by atoms with Crippen molar-refractivity contribution in [3.63, 3.8) is 0 Å². The molecular formula is C14H17FN2O2S2. The normalized spacial score (nSPS) is 18.9. The van der Waals surface area contributed by atoms with Crippen molar-refractivity contribution in [2.75, 3.05) is 18.1 Å². The Morgan fingerprint density at radius 2 is 2.29 bits per heavy atom. The molecule has 21 heavy (non-hydrogen) atoms. The van der Waals surface area contributed by atoms with Gasteiger partial charge in [0.1, 0.15) is 10.7 Å². The molecule has 1 heterocycles. The van der Waals surface area contributed by atoms with Gasteiger partial charge in [-0.1, -0.05) is 11.8 Å². The summed E-state index contributed by atoms with van der Waals surface area (Å²) in [5, 5.41) is 0. The molecule has 1 fully saturated rings. The summed E-state index contributed by atoms with van der Waals surface area (Å²) >= 11 is 1.70. The van der Waals surface area contributed by atoms with Crippen LogP contribution in [-0.4, -0.2) is 32.5 Å². The topological polar surface area (TPSA) is 72.2 Å². The zero-order valence-corrected chi connectivity index (χ0v) is 13.1. The second kappa shape index (κ2) is 7.27. The third-order valence-electron chi connectivity index (χ3n) is 3.04. The first-order chi connectivity index (χ1) is 10.0. The maximum Gasteiger partial charge on any atom is 0.243 e. The van der Waals surface area contributed by atoms with E-state index in [2.05, 4.69) is 16.6 Å². The monoisotopic (exact) mass is 328 g/mol. The molecule has 1 aliphatic rings. The molecular weight excluding hydrogens is 311 g/mol. The quantitative estimate of drug-likeness (QED) is 0.821. The van der Waals surface area contributed by atoms with E-state index < -0.39 is 15.8 Å². The molecule has 4 nitrogen and oxygen atoms in total. The van der Waals surface area contributed by atoms with Crippen molar-refractivity contribution in [1.82, 2.24) is 4.72 Å². The van der Waals surface area contributed by atoms with Crippen molar-refractivity contribution in [3.8, 4) is 11.8 Å². The number of halogens is 1. The minimum atomic E-state index is -3.84. The molecule has 3 N–H and O–H groups in total. The average Bonchev–Trinajstić information content (AvgIpc) is 2.45. The minimum Gasteiger partial charge on any atom is -0.320 e. The van der Waals surface area contributed by atoms with Crippen molar-refractivity contribution in [2.24, 2.45) is 5.73 Å². The summed E-state index contributed by atoms with van der Waals surface area (Å²) in [6.45, 7) is 0.169. The minimum absolute atomic E-state index is 0.134. The summed E-state index contributed by atoms with van der Waals surface area (Å²) in [7, 11) is -3.84. The number of hydrogen-bond acceptors (Lipinski definition) is 4. The molecule has 0 bridgehead atoms. The van der Waals surface area contributed by atoms with E-state index >= 15 is 0 Å².